The molecule has 0 N–H and O–H groups in total. The summed E-state index contributed by atoms with van der Waals surface area (Å²) in [6.45, 7) is 11.6. The summed E-state index contributed by atoms with van der Waals surface area (Å²) in [5, 5.41) is 0. The lowest BCUT2D eigenvalue weighted by Crippen LogP contribution is -2.31. The Hall–Kier alpha value is -0.660. The Bertz CT molecular complexity index is 249. The van der Waals surface area contributed by atoms with Crippen molar-refractivity contribution in [3.63, 3.8) is 0 Å². The van der Waals surface area contributed by atoms with E-state index in [9.17, 15) is 9.59 Å². The van der Waals surface area contributed by atoms with E-state index >= 15 is 0 Å². The van der Waals surface area contributed by atoms with Gasteiger partial charge < -0.3 is 4.79 Å². The minimum Gasteiger partial charge on any atom is -0.300 e. The predicted octanol–water partition coefficient (Wildman–Crippen LogP) is 3.39. The second kappa shape index (κ2) is 4.91. The molecule has 0 aliphatic heterocycles. The van der Waals surface area contributed by atoms with E-state index in [1.165, 1.54) is 0 Å². The molecule has 2 nitrogen and oxygen atoms in total. The smallest absolute Gasteiger partial charge is 0.138 e. The van der Waals surface area contributed by atoms with Gasteiger partial charge in [-0.3, -0.25) is 4.79 Å². The van der Waals surface area contributed by atoms with E-state index in [4.69, 9.17) is 0 Å². The molecule has 0 bridgehead atoms. The molecule has 88 valence electrons. The van der Waals surface area contributed by atoms with Crippen LogP contribution in [0.25, 0.3) is 0 Å². The fourth-order valence-electron chi connectivity index (χ4n) is 2.51. The standard InChI is InChI=1S/C13H24O2/c1-7-11(15)13(5,6)9-12(3,4)8-10(2)14/h7-9H2,1-6H3. The number of ketones is 2. The molecule has 15 heavy (non-hydrogen) atoms. The Morgan fingerprint density at radius 2 is 1.53 bits per heavy atom. The van der Waals surface area contributed by atoms with E-state index in [1.807, 2.05) is 20.8 Å². The van der Waals surface area contributed by atoms with Crippen molar-refractivity contribution >= 4 is 11.6 Å². The SMILES string of the molecule is CCC(=O)C(C)(C)CC(C)(C)CC(C)=O. The molecule has 0 radical (unpaired) electrons. The average Bonchev–Trinajstić information content (AvgIpc) is 1.97. The molecular weight excluding hydrogens is 188 g/mol. The molecule has 0 rings (SSSR count). The van der Waals surface area contributed by atoms with Crippen molar-refractivity contribution in [2.45, 2.75) is 60.8 Å². The molecule has 0 fully saturated rings. The lowest BCUT2D eigenvalue weighted by Gasteiger charge is -2.33. The van der Waals surface area contributed by atoms with Crippen molar-refractivity contribution in [2.24, 2.45) is 10.8 Å². The maximum absolute atomic E-state index is 11.7. The molecule has 0 aromatic rings. The minimum atomic E-state index is -0.312. The van der Waals surface area contributed by atoms with Gasteiger partial charge in [-0.25, -0.2) is 0 Å². The molecule has 0 unspecified atom stereocenters. The summed E-state index contributed by atoms with van der Waals surface area (Å²) in [5.74, 6) is 0.471. The first-order valence-electron chi connectivity index (χ1n) is 5.63. The quantitative estimate of drug-likeness (QED) is 0.676. The van der Waals surface area contributed by atoms with Gasteiger partial charge in [-0.2, -0.15) is 0 Å². The van der Waals surface area contributed by atoms with Crippen LogP contribution in [0, 0.1) is 10.8 Å². The van der Waals surface area contributed by atoms with Gasteiger partial charge in [0, 0.05) is 18.3 Å². The van der Waals surface area contributed by atoms with Crippen molar-refractivity contribution in [2.75, 3.05) is 0 Å². The molecule has 0 atom stereocenters. The van der Waals surface area contributed by atoms with E-state index in [1.54, 1.807) is 6.92 Å². The molecule has 0 amide bonds. The third-order valence-corrected chi connectivity index (χ3v) is 2.72. The van der Waals surface area contributed by atoms with Gasteiger partial charge in [0.1, 0.15) is 11.6 Å². The first-order valence-corrected chi connectivity index (χ1v) is 5.63. The monoisotopic (exact) mass is 212 g/mol. The Kier molecular flexibility index (Phi) is 4.69. The summed E-state index contributed by atoms with van der Waals surface area (Å²) in [6.07, 6.45) is 1.89. The molecule has 0 heterocycles. The topological polar surface area (TPSA) is 34.1 Å². The zero-order valence-corrected chi connectivity index (χ0v) is 10.9. The van der Waals surface area contributed by atoms with Crippen molar-refractivity contribution in [3.05, 3.63) is 0 Å². The normalized spacial score (nSPS) is 12.7. The molecule has 0 aromatic carbocycles. The second-order valence-electron chi connectivity index (χ2n) is 5.88. The van der Waals surface area contributed by atoms with Crippen LogP contribution in [0.2, 0.25) is 0 Å². The maximum atomic E-state index is 11.7. The van der Waals surface area contributed by atoms with Gasteiger partial charge in [0.25, 0.3) is 0 Å². The number of carbonyl (C=O) groups excluding carboxylic acids is 2. The van der Waals surface area contributed by atoms with Crippen molar-refractivity contribution < 1.29 is 9.59 Å². The lowest BCUT2D eigenvalue weighted by atomic mass is 9.70. The van der Waals surface area contributed by atoms with E-state index in [-0.39, 0.29) is 22.4 Å². The van der Waals surface area contributed by atoms with Crippen LogP contribution in [0.4, 0.5) is 0 Å². The van der Waals surface area contributed by atoms with Gasteiger partial charge in [0.15, 0.2) is 0 Å². The molecule has 0 aliphatic rings. The number of carbonyl (C=O) groups is 2. The summed E-state index contributed by atoms with van der Waals surface area (Å²) in [4.78, 5) is 22.8. The van der Waals surface area contributed by atoms with E-state index in [2.05, 4.69) is 13.8 Å². The molecule has 0 saturated carbocycles. The summed E-state index contributed by atoms with van der Waals surface area (Å²) < 4.78 is 0. The molecule has 0 aliphatic carbocycles. The summed E-state index contributed by atoms with van der Waals surface area (Å²) in [5.41, 5.74) is -0.395. The largest absolute Gasteiger partial charge is 0.300 e. The van der Waals surface area contributed by atoms with Gasteiger partial charge >= 0.3 is 0 Å². The molecule has 0 aromatic heterocycles. The fraction of sp³-hybridized carbons (Fsp3) is 0.846. The summed E-state index contributed by atoms with van der Waals surface area (Å²) in [7, 11) is 0. The third-order valence-electron chi connectivity index (χ3n) is 2.72. The molecule has 0 spiro atoms. The molecule has 2 heteroatoms. The highest BCUT2D eigenvalue weighted by Crippen LogP contribution is 2.37. The molecule has 0 saturated heterocycles. The van der Waals surface area contributed by atoms with E-state index in [0.717, 1.165) is 6.42 Å². The van der Waals surface area contributed by atoms with Crippen LogP contribution in [0.3, 0.4) is 0 Å². The number of Topliss-reactive ketones (excluding diaryl/α,β-unsaturated/α-hetero) is 2. The summed E-state index contributed by atoms with van der Waals surface area (Å²) >= 11 is 0. The first kappa shape index (κ1) is 14.3. The summed E-state index contributed by atoms with van der Waals surface area (Å²) in [6, 6.07) is 0. The lowest BCUT2D eigenvalue weighted by molar-refractivity contribution is -0.129. The van der Waals surface area contributed by atoms with Gasteiger partial charge in [-0.05, 0) is 18.8 Å². The van der Waals surface area contributed by atoms with Gasteiger partial charge in [-0.1, -0.05) is 34.6 Å². The van der Waals surface area contributed by atoms with Crippen molar-refractivity contribution in [3.8, 4) is 0 Å². The maximum Gasteiger partial charge on any atom is 0.138 e. The minimum absolute atomic E-state index is 0.0832. The highest BCUT2D eigenvalue weighted by atomic mass is 16.1. The second-order valence-corrected chi connectivity index (χ2v) is 5.88. The van der Waals surface area contributed by atoms with Crippen LogP contribution in [-0.4, -0.2) is 11.6 Å². The zero-order chi connectivity index (χ0) is 12.3. The van der Waals surface area contributed by atoms with Crippen LogP contribution in [0.5, 0.6) is 0 Å². The average molecular weight is 212 g/mol. The zero-order valence-electron chi connectivity index (χ0n) is 10.9. The van der Waals surface area contributed by atoms with Crippen LogP contribution < -0.4 is 0 Å². The predicted molar refractivity (Wildman–Crippen MR) is 62.8 cm³/mol. The Morgan fingerprint density at radius 1 is 1.07 bits per heavy atom. The van der Waals surface area contributed by atoms with Crippen LogP contribution in [0.1, 0.15) is 60.8 Å². The van der Waals surface area contributed by atoms with Crippen LogP contribution in [-0.2, 0) is 9.59 Å². The Balaban J connectivity index is 4.56. The van der Waals surface area contributed by atoms with E-state index in [0.29, 0.717) is 12.8 Å². The van der Waals surface area contributed by atoms with E-state index < -0.39 is 0 Å². The highest BCUT2D eigenvalue weighted by Gasteiger charge is 2.33. The van der Waals surface area contributed by atoms with Gasteiger partial charge in [-0.15, -0.1) is 0 Å². The Labute approximate surface area is 93.4 Å². The number of rotatable bonds is 6. The molecular formula is C13H24O2. The number of hydrogen-bond acceptors (Lipinski definition) is 2. The Morgan fingerprint density at radius 3 is 1.87 bits per heavy atom. The van der Waals surface area contributed by atoms with Gasteiger partial charge in [0.05, 0.1) is 0 Å². The van der Waals surface area contributed by atoms with Crippen LogP contribution >= 0.6 is 0 Å². The van der Waals surface area contributed by atoms with Crippen molar-refractivity contribution in [1.29, 1.82) is 0 Å². The van der Waals surface area contributed by atoms with Gasteiger partial charge in [0.2, 0.25) is 0 Å². The number of hydrogen-bond donors (Lipinski definition) is 0. The third kappa shape index (κ3) is 5.10. The fourth-order valence-corrected chi connectivity index (χ4v) is 2.51. The van der Waals surface area contributed by atoms with Crippen LogP contribution in [0.15, 0.2) is 0 Å². The first-order chi connectivity index (χ1) is 6.60. The van der Waals surface area contributed by atoms with Crippen molar-refractivity contribution in [1.82, 2.24) is 0 Å². The highest BCUT2D eigenvalue weighted by molar-refractivity contribution is 5.84.